The van der Waals surface area contributed by atoms with Crippen molar-refractivity contribution in [3.05, 3.63) is 35.6 Å². The Bertz CT molecular complexity index is 897. The van der Waals surface area contributed by atoms with Crippen LogP contribution in [0.15, 0.2) is 30.6 Å². The highest BCUT2D eigenvalue weighted by atomic mass is 35.5. The summed E-state index contributed by atoms with van der Waals surface area (Å²) in [6.45, 7) is 0.0568. The van der Waals surface area contributed by atoms with Gasteiger partial charge in [0, 0.05) is 13.0 Å². The normalized spacial score (nSPS) is 11.7. The van der Waals surface area contributed by atoms with Crippen LogP contribution in [-0.4, -0.2) is 33.0 Å². The number of para-hydroxylation sites is 1. The molecular formula is C16H14ClF3N4O2. The van der Waals surface area contributed by atoms with Gasteiger partial charge in [-0.3, -0.25) is 4.68 Å². The fourth-order valence-electron chi connectivity index (χ4n) is 2.45. The molecule has 0 radical (unpaired) electrons. The maximum absolute atomic E-state index is 12.4. The van der Waals surface area contributed by atoms with Crippen LogP contribution in [0.4, 0.5) is 13.2 Å². The van der Waals surface area contributed by atoms with Gasteiger partial charge in [0.05, 0.1) is 29.9 Å². The molecule has 138 valence electrons. The molecule has 10 heteroatoms. The molecule has 0 atom stereocenters. The first-order valence-electron chi connectivity index (χ1n) is 7.63. The highest BCUT2D eigenvalue weighted by Gasteiger charge is 2.26. The van der Waals surface area contributed by atoms with Crippen molar-refractivity contribution in [3.8, 4) is 17.6 Å². The molecule has 0 saturated heterocycles. The van der Waals surface area contributed by atoms with Crippen molar-refractivity contribution in [3.63, 3.8) is 0 Å². The zero-order valence-electron chi connectivity index (χ0n) is 13.6. The summed E-state index contributed by atoms with van der Waals surface area (Å²) in [6, 6.07) is 5.18. The Kier molecular flexibility index (Phi) is 5.17. The van der Waals surface area contributed by atoms with Crippen molar-refractivity contribution >= 4 is 22.5 Å². The summed E-state index contributed by atoms with van der Waals surface area (Å²) in [5.74, 6) is 0.655. The molecule has 0 aliphatic rings. The number of fused-ring (bicyclic) bond motifs is 1. The number of methoxy groups -OCH3 is 1. The van der Waals surface area contributed by atoms with Crippen LogP contribution in [0.2, 0.25) is 5.02 Å². The molecule has 0 N–H and O–H groups in total. The molecule has 6 nitrogen and oxygen atoms in total. The quantitative estimate of drug-likeness (QED) is 0.618. The van der Waals surface area contributed by atoms with Crippen LogP contribution in [0.25, 0.3) is 10.9 Å². The second-order valence-electron chi connectivity index (χ2n) is 5.39. The first kappa shape index (κ1) is 18.2. The standard InChI is InChI=1S/C16H14ClF3N4O2/c1-25-14-11-4-2-5-12(26-15-21-8-10(17)9-22-15)13(11)24(23-14)7-3-6-16(18,19)20/h2,4-5,8-9H,3,6-7H2,1H3. The van der Waals surface area contributed by atoms with Gasteiger partial charge >= 0.3 is 12.2 Å². The zero-order chi connectivity index (χ0) is 18.7. The van der Waals surface area contributed by atoms with Gasteiger partial charge in [0.25, 0.3) is 0 Å². The lowest BCUT2D eigenvalue weighted by Crippen LogP contribution is -2.10. The number of hydrogen-bond acceptors (Lipinski definition) is 5. The predicted octanol–water partition coefficient (Wildman–Crippen LogP) is 4.62. The van der Waals surface area contributed by atoms with Crippen LogP contribution in [0.5, 0.6) is 17.6 Å². The summed E-state index contributed by atoms with van der Waals surface area (Å²) in [7, 11) is 1.44. The maximum atomic E-state index is 12.4. The molecular weight excluding hydrogens is 373 g/mol. The highest BCUT2D eigenvalue weighted by molar-refractivity contribution is 6.30. The van der Waals surface area contributed by atoms with Gasteiger partial charge in [0.15, 0.2) is 5.75 Å². The van der Waals surface area contributed by atoms with Gasteiger partial charge in [-0.25, -0.2) is 9.97 Å². The van der Waals surface area contributed by atoms with Crippen LogP contribution >= 0.6 is 11.6 Å². The minimum atomic E-state index is -4.22. The fraction of sp³-hybridized carbons (Fsp3) is 0.312. The third-order valence-corrected chi connectivity index (χ3v) is 3.72. The average Bonchev–Trinajstić information content (AvgIpc) is 2.95. The number of aryl methyl sites for hydroxylation is 1. The van der Waals surface area contributed by atoms with Gasteiger partial charge in [0.2, 0.25) is 5.88 Å². The van der Waals surface area contributed by atoms with E-state index in [1.54, 1.807) is 18.2 Å². The zero-order valence-corrected chi connectivity index (χ0v) is 14.4. The van der Waals surface area contributed by atoms with E-state index in [9.17, 15) is 13.2 Å². The molecule has 0 saturated carbocycles. The van der Waals surface area contributed by atoms with Crippen LogP contribution in [-0.2, 0) is 6.54 Å². The van der Waals surface area contributed by atoms with Gasteiger partial charge in [-0.15, -0.1) is 5.10 Å². The molecule has 2 aromatic heterocycles. The van der Waals surface area contributed by atoms with E-state index in [-0.39, 0.29) is 19.0 Å². The Morgan fingerprint density at radius 1 is 1.19 bits per heavy atom. The van der Waals surface area contributed by atoms with Crippen molar-refractivity contribution in [2.45, 2.75) is 25.6 Å². The Balaban J connectivity index is 1.95. The van der Waals surface area contributed by atoms with E-state index in [1.807, 2.05) is 0 Å². The number of hydrogen-bond donors (Lipinski definition) is 0. The first-order valence-corrected chi connectivity index (χ1v) is 8.01. The molecule has 1 aromatic carbocycles. The summed E-state index contributed by atoms with van der Waals surface area (Å²) in [5.41, 5.74) is 0.505. The first-order chi connectivity index (χ1) is 12.4. The number of benzene rings is 1. The fourth-order valence-corrected chi connectivity index (χ4v) is 2.55. The van der Waals surface area contributed by atoms with Crippen molar-refractivity contribution < 1.29 is 22.6 Å². The Morgan fingerprint density at radius 3 is 2.58 bits per heavy atom. The highest BCUT2D eigenvalue weighted by Crippen LogP contribution is 2.34. The van der Waals surface area contributed by atoms with Crippen molar-refractivity contribution in [1.82, 2.24) is 19.7 Å². The van der Waals surface area contributed by atoms with Gasteiger partial charge in [-0.2, -0.15) is 13.2 Å². The topological polar surface area (TPSA) is 62.1 Å². The smallest absolute Gasteiger partial charge is 0.389 e. The molecule has 0 fully saturated rings. The number of rotatable bonds is 6. The molecule has 0 spiro atoms. The van der Waals surface area contributed by atoms with E-state index in [0.29, 0.717) is 27.6 Å². The molecule has 2 heterocycles. The summed E-state index contributed by atoms with van der Waals surface area (Å²) >= 11 is 5.75. The lowest BCUT2D eigenvalue weighted by molar-refractivity contribution is -0.135. The van der Waals surface area contributed by atoms with Gasteiger partial charge in [-0.05, 0) is 18.6 Å². The number of nitrogens with zero attached hydrogens (tertiary/aromatic N) is 4. The van der Waals surface area contributed by atoms with Crippen molar-refractivity contribution in [2.24, 2.45) is 0 Å². The molecule has 0 aliphatic heterocycles. The molecule has 0 bridgehead atoms. The lowest BCUT2D eigenvalue weighted by atomic mass is 10.2. The lowest BCUT2D eigenvalue weighted by Gasteiger charge is -2.09. The molecule has 0 aliphatic carbocycles. The molecule has 26 heavy (non-hydrogen) atoms. The third-order valence-electron chi connectivity index (χ3n) is 3.52. The average molecular weight is 387 g/mol. The van der Waals surface area contributed by atoms with Crippen LogP contribution in [0, 0.1) is 0 Å². The largest absolute Gasteiger partial charge is 0.479 e. The number of ether oxygens (including phenoxy) is 2. The summed E-state index contributed by atoms with van der Waals surface area (Å²) in [5, 5.41) is 5.20. The summed E-state index contributed by atoms with van der Waals surface area (Å²) < 4.78 is 49.6. The predicted molar refractivity (Wildman–Crippen MR) is 88.7 cm³/mol. The van der Waals surface area contributed by atoms with Crippen molar-refractivity contribution in [1.29, 1.82) is 0 Å². The van der Waals surface area contributed by atoms with Crippen LogP contribution in [0.1, 0.15) is 12.8 Å². The monoisotopic (exact) mass is 386 g/mol. The van der Waals surface area contributed by atoms with Crippen molar-refractivity contribution in [2.75, 3.05) is 7.11 Å². The van der Waals surface area contributed by atoms with Gasteiger partial charge in [0.1, 0.15) is 5.52 Å². The van der Waals surface area contributed by atoms with Gasteiger partial charge < -0.3 is 9.47 Å². The van der Waals surface area contributed by atoms with E-state index in [4.69, 9.17) is 21.1 Å². The summed E-state index contributed by atoms with van der Waals surface area (Å²) in [4.78, 5) is 7.91. The molecule has 3 aromatic rings. The SMILES string of the molecule is COc1nn(CCCC(F)(F)F)c2c(Oc3ncc(Cl)cn3)cccc12. The van der Waals surface area contributed by atoms with E-state index < -0.39 is 12.6 Å². The van der Waals surface area contributed by atoms with E-state index in [2.05, 4.69) is 15.1 Å². The van der Waals surface area contributed by atoms with E-state index >= 15 is 0 Å². The summed E-state index contributed by atoms with van der Waals surface area (Å²) in [6.07, 6.45) is -2.48. The number of alkyl halides is 3. The van der Waals surface area contributed by atoms with Gasteiger partial charge in [-0.1, -0.05) is 17.7 Å². The number of aromatic nitrogens is 4. The molecule has 0 unspecified atom stereocenters. The maximum Gasteiger partial charge on any atom is 0.389 e. The number of halogens is 4. The third kappa shape index (κ3) is 4.16. The van der Waals surface area contributed by atoms with Crippen LogP contribution in [0.3, 0.4) is 0 Å². The Labute approximate surface area is 151 Å². The Hall–Kier alpha value is -2.55. The second kappa shape index (κ2) is 7.36. The Morgan fingerprint density at radius 2 is 1.92 bits per heavy atom. The molecule has 3 rings (SSSR count). The minimum Gasteiger partial charge on any atom is -0.479 e. The van der Waals surface area contributed by atoms with Crippen LogP contribution < -0.4 is 9.47 Å². The second-order valence-corrected chi connectivity index (χ2v) is 5.83. The molecule has 0 amide bonds. The van der Waals surface area contributed by atoms with E-state index in [1.165, 1.54) is 24.2 Å². The minimum absolute atomic E-state index is 0.0568. The van der Waals surface area contributed by atoms with E-state index in [0.717, 1.165) is 0 Å².